The summed E-state index contributed by atoms with van der Waals surface area (Å²) in [6.45, 7) is 12.1. The van der Waals surface area contributed by atoms with Gasteiger partial charge < -0.3 is 24.4 Å². The highest BCUT2D eigenvalue weighted by molar-refractivity contribution is 7.89. The predicted molar refractivity (Wildman–Crippen MR) is 223 cm³/mol. The first-order valence-corrected chi connectivity index (χ1v) is 21.4. The number of aryl methyl sites for hydroxylation is 1. The highest BCUT2D eigenvalue weighted by Crippen LogP contribution is 2.36. The highest BCUT2D eigenvalue weighted by atomic mass is 35.5. The number of aliphatic imine (C=N–C) groups is 1. The summed E-state index contributed by atoms with van der Waals surface area (Å²) in [6, 6.07) is 10.8. The lowest BCUT2D eigenvalue weighted by Crippen LogP contribution is -2.54. The number of piperidine rings is 1. The molecule has 2 fully saturated rings. The van der Waals surface area contributed by atoms with Crippen LogP contribution in [0.3, 0.4) is 0 Å². The number of sulfonamides is 1. The molecule has 2 aromatic carbocycles. The molecule has 1 atom stereocenters. The van der Waals surface area contributed by atoms with Crippen molar-refractivity contribution in [3.05, 3.63) is 63.8 Å². The molecule has 0 aliphatic carbocycles. The third-order valence-corrected chi connectivity index (χ3v) is 12.1. The van der Waals surface area contributed by atoms with Crippen LogP contribution in [0.4, 0.5) is 9.59 Å². The first-order valence-electron chi connectivity index (χ1n) is 19.2. The number of carbonyl (C=O) groups is 4. The van der Waals surface area contributed by atoms with Gasteiger partial charge >= 0.3 is 12.2 Å². The van der Waals surface area contributed by atoms with Gasteiger partial charge in [-0.1, -0.05) is 41.4 Å². The molecule has 19 heteroatoms. The number of rotatable bonds is 11. The Hall–Kier alpha value is -4.71. The van der Waals surface area contributed by atoms with E-state index in [0.29, 0.717) is 36.9 Å². The Kier molecular flexibility index (Phi) is 14.4. The van der Waals surface area contributed by atoms with Crippen LogP contribution in [0.25, 0.3) is 10.9 Å². The van der Waals surface area contributed by atoms with Gasteiger partial charge in [-0.3, -0.25) is 14.6 Å². The molecular weight excluding hydrogens is 825 g/mol. The molecule has 2 aliphatic rings. The van der Waals surface area contributed by atoms with Crippen molar-refractivity contribution in [3.63, 3.8) is 0 Å². The number of aromatic nitrogens is 1. The fourth-order valence-corrected chi connectivity index (χ4v) is 9.08. The van der Waals surface area contributed by atoms with E-state index in [0.717, 1.165) is 22.4 Å². The van der Waals surface area contributed by atoms with Crippen LogP contribution in [0.15, 0.2) is 52.4 Å². The number of likely N-dealkylation sites (tertiary alicyclic amines) is 1. The Morgan fingerprint density at radius 1 is 0.949 bits per heavy atom. The summed E-state index contributed by atoms with van der Waals surface area (Å²) < 4.78 is 46.0. The minimum Gasteiger partial charge on any atom is -0.487 e. The zero-order chi connectivity index (χ0) is 43.3. The SMILES string of the molecule is Cc1ccc2cccc(OCc3c(Cl)ccc(S(=O)(=O)N4CCC[C@H]4C(=O)NC4CCN(C(=O)CN(C=NC(=O)OC(C)(C)C)NC(=O)OC(C)(C)C)CC4)c3Cl)c2n1. The van der Waals surface area contributed by atoms with Crippen LogP contribution in [-0.2, 0) is 35.7 Å². The van der Waals surface area contributed by atoms with Gasteiger partial charge in [0.25, 0.3) is 0 Å². The van der Waals surface area contributed by atoms with Gasteiger partial charge in [-0.05, 0) is 98.4 Å². The third kappa shape index (κ3) is 12.2. The Morgan fingerprint density at radius 2 is 1.64 bits per heavy atom. The summed E-state index contributed by atoms with van der Waals surface area (Å²) in [5, 5.41) is 5.02. The average Bonchev–Trinajstić information content (AvgIpc) is 3.64. The van der Waals surface area contributed by atoms with Gasteiger partial charge in [-0.15, -0.1) is 0 Å². The zero-order valence-electron chi connectivity index (χ0n) is 34.2. The number of pyridine rings is 1. The summed E-state index contributed by atoms with van der Waals surface area (Å²) in [6.07, 6.45) is 0.763. The second-order valence-electron chi connectivity index (χ2n) is 16.3. The van der Waals surface area contributed by atoms with Crippen LogP contribution in [0.5, 0.6) is 5.75 Å². The maximum atomic E-state index is 14.1. The fraction of sp³-hybridized carbons (Fsp3) is 0.500. The molecule has 0 bridgehead atoms. The maximum absolute atomic E-state index is 14.1. The number of fused-ring (bicyclic) bond motifs is 1. The number of para-hydroxylation sites is 1. The molecule has 0 saturated carbocycles. The largest absolute Gasteiger partial charge is 0.487 e. The number of hydrogen-bond donors (Lipinski definition) is 2. The highest BCUT2D eigenvalue weighted by Gasteiger charge is 2.41. The summed E-state index contributed by atoms with van der Waals surface area (Å²) >= 11 is 13.3. The Morgan fingerprint density at radius 3 is 2.32 bits per heavy atom. The lowest BCUT2D eigenvalue weighted by molar-refractivity contribution is -0.133. The van der Waals surface area contributed by atoms with Crippen molar-refractivity contribution in [3.8, 4) is 5.75 Å². The van der Waals surface area contributed by atoms with Gasteiger partial charge in [0.05, 0.1) is 5.02 Å². The van der Waals surface area contributed by atoms with Crippen LogP contribution >= 0.6 is 23.2 Å². The topological polar surface area (TPSA) is 189 Å². The van der Waals surface area contributed by atoms with E-state index < -0.39 is 45.4 Å². The number of benzene rings is 2. The molecule has 4 amide bonds. The van der Waals surface area contributed by atoms with Crippen molar-refractivity contribution in [1.29, 1.82) is 0 Å². The van der Waals surface area contributed by atoms with Crippen LogP contribution in [0.1, 0.15) is 78.5 Å². The molecule has 0 radical (unpaired) electrons. The van der Waals surface area contributed by atoms with E-state index in [4.69, 9.17) is 37.4 Å². The molecule has 0 unspecified atom stereocenters. The molecule has 59 heavy (non-hydrogen) atoms. The summed E-state index contributed by atoms with van der Waals surface area (Å²) in [5.74, 6) is -0.350. The van der Waals surface area contributed by atoms with E-state index in [1.165, 1.54) is 16.4 Å². The Labute approximate surface area is 354 Å². The Balaban J connectivity index is 1.20. The van der Waals surface area contributed by atoms with Gasteiger partial charge in [0, 0.05) is 47.3 Å². The van der Waals surface area contributed by atoms with E-state index in [9.17, 15) is 27.6 Å². The normalized spacial score (nSPS) is 16.9. The number of nitrogens with one attached hydrogen (secondary N) is 2. The molecule has 2 aliphatic heterocycles. The number of nitrogens with zero attached hydrogens (tertiary/aromatic N) is 5. The average molecular weight is 877 g/mol. The number of halogens is 2. The molecule has 2 saturated heterocycles. The fourth-order valence-electron chi connectivity index (χ4n) is 6.56. The second kappa shape index (κ2) is 18.7. The van der Waals surface area contributed by atoms with Crippen molar-refractivity contribution in [1.82, 2.24) is 29.9 Å². The number of amides is 4. The summed E-state index contributed by atoms with van der Waals surface area (Å²) in [7, 11) is -4.26. The minimum atomic E-state index is -4.26. The minimum absolute atomic E-state index is 0.0963. The predicted octanol–water partition coefficient (Wildman–Crippen LogP) is 6.39. The smallest absolute Gasteiger partial charge is 0.435 e. The molecule has 2 N–H and O–H groups in total. The van der Waals surface area contributed by atoms with Crippen molar-refractivity contribution >= 4 is 74.5 Å². The van der Waals surface area contributed by atoms with Gasteiger partial charge in [0.1, 0.15) is 52.9 Å². The molecule has 0 spiro atoms. The molecule has 3 aromatic rings. The van der Waals surface area contributed by atoms with Gasteiger partial charge in [-0.2, -0.15) is 9.30 Å². The third-order valence-electron chi connectivity index (χ3n) is 9.27. The number of hydrogen-bond acceptors (Lipinski definition) is 10. The lowest BCUT2D eigenvalue weighted by atomic mass is 10.0. The summed E-state index contributed by atoms with van der Waals surface area (Å²) in [4.78, 5) is 61.4. The monoisotopic (exact) mass is 875 g/mol. The van der Waals surface area contributed by atoms with Crippen LogP contribution in [-0.4, -0.2) is 107 Å². The quantitative estimate of drug-likeness (QED) is 0.123. The van der Waals surface area contributed by atoms with E-state index >= 15 is 0 Å². The number of ether oxygens (including phenoxy) is 3. The molecular formula is C40H51Cl2N7O9S. The second-order valence-corrected chi connectivity index (χ2v) is 19.0. The molecule has 5 rings (SSSR count). The van der Waals surface area contributed by atoms with E-state index in [-0.39, 0.29) is 65.2 Å². The van der Waals surface area contributed by atoms with Crippen LogP contribution in [0, 0.1) is 6.92 Å². The lowest BCUT2D eigenvalue weighted by Gasteiger charge is -2.34. The standard InChI is InChI=1S/C40H51Cl2N7O9S/c1-25-13-14-26-10-8-12-31(35(26)44-25)56-23-28-29(41)15-16-32(34(28)42)59(54,55)49-19-9-11-30(49)36(51)45-27-17-20-47(21-18-27)33(50)22-48(46-38(53)58-40(5,6)7)24-43-37(52)57-39(2,3)4/h8,10,12-16,24,27,30H,9,11,17-23H2,1-7H3,(H,45,51)(H,46,53)/t30-/m0/s1. The molecule has 1 aromatic heterocycles. The van der Waals surface area contributed by atoms with E-state index in [1.807, 2.05) is 31.2 Å². The van der Waals surface area contributed by atoms with Crippen molar-refractivity contribution < 1.29 is 41.8 Å². The molecule has 3 heterocycles. The van der Waals surface area contributed by atoms with Crippen LogP contribution in [0.2, 0.25) is 10.0 Å². The van der Waals surface area contributed by atoms with Gasteiger partial charge in [-0.25, -0.2) is 28.4 Å². The van der Waals surface area contributed by atoms with Crippen molar-refractivity contribution in [2.45, 2.75) is 109 Å². The van der Waals surface area contributed by atoms with Crippen molar-refractivity contribution in [2.24, 2.45) is 4.99 Å². The van der Waals surface area contributed by atoms with Gasteiger partial charge in [0.15, 0.2) is 0 Å². The van der Waals surface area contributed by atoms with Gasteiger partial charge in [0.2, 0.25) is 21.8 Å². The molecule has 320 valence electrons. The summed E-state index contributed by atoms with van der Waals surface area (Å²) in [5.41, 5.74) is 2.52. The van der Waals surface area contributed by atoms with E-state index in [2.05, 4.69) is 20.7 Å². The van der Waals surface area contributed by atoms with Crippen LogP contribution < -0.4 is 15.5 Å². The number of hydrazine groups is 1. The first-order chi connectivity index (χ1) is 27.6. The van der Waals surface area contributed by atoms with Crippen molar-refractivity contribution in [2.75, 3.05) is 26.2 Å². The molecule has 16 nitrogen and oxygen atoms in total. The zero-order valence-corrected chi connectivity index (χ0v) is 36.5. The van der Waals surface area contributed by atoms with E-state index in [1.54, 1.807) is 52.5 Å². The first kappa shape index (κ1) is 45.4. The maximum Gasteiger partial charge on any atom is 0.435 e. The number of carbonyl (C=O) groups excluding carboxylic acids is 4. The Bertz CT molecular complexity index is 2200.